The first-order valence-corrected chi connectivity index (χ1v) is 12.2. The van der Waals surface area contributed by atoms with Gasteiger partial charge in [-0.3, -0.25) is 14.8 Å². The van der Waals surface area contributed by atoms with Crippen LogP contribution in [0.25, 0.3) is 11.3 Å². The Morgan fingerprint density at radius 1 is 1.08 bits per heavy atom. The Kier molecular flexibility index (Phi) is 6.86. The van der Waals surface area contributed by atoms with Crippen molar-refractivity contribution in [2.24, 2.45) is 0 Å². The largest absolute Gasteiger partial charge is 0.377 e. The molecule has 0 aromatic carbocycles. The molecule has 1 saturated heterocycles. The maximum absolute atomic E-state index is 13.8. The molecule has 3 aromatic heterocycles. The zero-order valence-electron chi connectivity index (χ0n) is 20.0. The highest BCUT2D eigenvalue weighted by Crippen LogP contribution is 2.44. The number of nitrogens with zero attached hydrogens (tertiary/aromatic N) is 5. The summed E-state index contributed by atoms with van der Waals surface area (Å²) in [6.07, 6.45) is 6.50. The second-order valence-electron chi connectivity index (χ2n) is 9.31. The second-order valence-corrected chi connectivity index (χ2v) is 9.31. The summed E-state index contributed by atoms with van der Waals surface area (Å²) in [6, 6.07) is 7.42. The van der Waals surface area contributed by atoms with Crippen molar-refractivity contribution in [1.82, 2.24) is 19.9 Å². The van der Waals surface area contributed by atoms with Crippen LogP contribution in [0.2, 0.25) is 0 Å². The minimum absolute atomic E-state index is 0.139. The van der Waals surface area contributed by atoms with Gasteiger partial charge in [0.25, 0.3) is 5.91 Å². The number of morpholine rings is 1. The van der Waals surface area contributed by atoms with Crippen molar-refractivity contribution in [3.8, 4) is 11.3 Å². The van der Waals surface area contributed by atoms with Gasteiger partial charge in [-0.05, 0) is 38.0 Å². The summed E-state index contributed by atoms with van der Waals surface area (Å²) in [5, 5.41) is 2.98. The lowest BCUT2D eigenvalue weighted by Gasteiger charge is -2.33. The van der Waals surface area contributed by atoms with Crippen molar-refractivity contribution in [3.05, 3.63) is 60.3 Å². The number of hydrogen-bond acceptors (Lipinski definition) is 7. The summed E-state index contributed by atoms with van der Waals surface area (Å²) in [5.74, 6) is -2.70. The van der Waals surface area contributed by atoms with Crippen molar-refractivity contribution < 1.29 is 18.3 Å². The number of amides is 1. The van der Waals surface area contributed by atoms with E-state index >= 15 is 0 Å². The van der Waals surface area contributed by atoms with Gasteiger partial charge in [0.2, 0.25) is 11.9 Å². The maximum atomic E-state index is 13.8. The van der Waals surface area contributed by atoms with Gasteiger partial charge >= 0.3 is 0 Å². The van der Waals surface area contributed by atoms with Crippen LogP contribution in [-0.4, -0.2) is 57.6 Å². The van der Waals surface area contributed by atoms with E-state index in [4.69, 9.17) is 4.74 Å². The first-order valence-electron chi connectivity index (χ1n) is 12.2. The van der Waals surface area contributed by atoms with E-state index in [2.05, 4.69) is 25.3 Å². The summed E-state index contributed by atoms with van der Waals surface area (Å²) >= 11 is 0. The first-order chi connectivity index (χ1) is 17.4. The standard InChI is InChI=1S/C26H28F2N6O2/c1-17-16-36-13-12-34(17)25-31-14-19(15-32-25)24(35)33-23-20(21-4-2-3-10-29-21)7-11-30-22(23)18-5-8-26(27,28)9-6-18/h2-4,7,10-11,14-15,17-18H,5-6,8-9,12-13,16H2,1H3,(H,33,35)/t17-/m0/s1. The van der Waals surface area contributed by atoms with E-state index in [0.717, 1.165) is 0 Å². The zero-order valence-corrected chi connectivity index (χ0v) is 20.0. The van der Waals surface area contributed by atoms with Crippen molar-refractivity contribution in [1.29, 1.82) is 0 Å². The third-order valence-corrected chi connectivity index (χ3v) is 6.79. The molecular formula is C26H28F2N6O2. The maximum Gasteiger partial charge on any atom is 0.258 e. The molecule has 1 amide bonds. The van der Waals surface area contributed by atoms with Gasteiger partial charge in [-0.15, -0.1) is 0 Å². The topological polar surface area (TPSA) is 93.1 Å². The number of alkyl halides is 2. The van der Waals surface area contributed by atoms with E-state index in [0.29, 0.717) is 61.2 Å². The summed E-state index contributed by atoms with van der Waals surface area (Å²) in [4.78, 5) is 33.1. The minimum Gasteiger partial charge on any atom is -0.377 e. The molecule has 1 aliphatic heterocycles. The Morgan fingerprint density at radius 2 is 1.86 bits per heavy atom. The number of rotatable bonds is 5. The lowest BCUT2D eigenvalue weighted by molar-refractivity contribution is -0.0384. The van der Waals surface area contributed by atoms with Gasteiger partial charge in [-0.2, -0.15) is 0 Å². The van der Waals surface area contributed by atoms with E-state index in [1.165, 1.54) is 12.4 Å². The summed E-state index contributed by atoms with van der Waals surface area (Å²) < 4.78 is 33.1. The predicted octanol–water partition coefficient (Wildman–Crippen LogP) is 4.70. The highest BCUT2D eigenvalue weighted by Gasteiger charge is 2.37. The van der Waals surface area contributed by atoms with Crippen LogP contribution < -0.4 is 10.2 Å². The Morgan fingerprint density at radius 3 is 2.56 bits per heavy atom. The van der Waals surface area contributed by atoms with Gasteiger partial charge < -0.3 is 15.0 Å². The van der Waals surface area contributed by atoms with Crippen molar-refractivity contribution in [3.63, 3.8) is 0 Å². The van der Waals surface area contributed by atoms with Crippen LogP contribution in [0.5, 0.6) is 0 Å². The van der Waals surface area contributed by atoms with Crippen LogP contribution in [0.4, 0.5) is 20.4 Å². The average molecular weight is 495 g/mol. The number of carbonyl (C=O) groups is 1. The quantitative estimate of drug-likeness (QED) is 0.549. The molecule has 188 valence electrons. The zero-order chi connectivity index (χ0) is 25.1. The first kappa shape index (κ1) is 24.2. The molecule has 8 nitrogen and oxygen atoms in total. The van der Waals surface area contributed by atoms with Crippen LogP contribution >= 0.6 is 0 Å². The van der Waals surface area contributed by atoms with E-state index in [9.17, 15) is 13.6 Å². The summed E-state index contributed by atoms with van der Waals surface area (Å²) in [7, 11) is 0. The molecule has 1 aliphatic carbocycles. The van der Waals surface area contributed by atoms with Gasteiger partial charge in [-0.25, -0.2) is 18.7 Å². The molecule has 0 bridgehead atoms. The molecule has 10 heteroatoms. The van der Waals surface area contributed by atoms with Crippen LogP contribution in [0.15, 0.2) is 49.1 Å². The Balaban J connectivity index is 1.44. The lowest BCUT2D eigenvalue weighted by atomic mass is 9.83. The molecule has 0 unspecified atom stereocenters. The average Bonchev–Trinajstić information content (AvgIpc) is 2.90. The minimum atomic E-state index is -2.66. The number of ether oxygens (including phenoxy) is 1. The highest BCUT2D eigenvalue weighted by atomic mass is 19.3. The highest BCUT2D eigenvalue weighted by molar-refractivity contribution is 6.06. The van der Waals surface area contributed by atoms with Crippen LogP contribution in [-0.2, 0) is 4.74 Å². The molecule has 0 radical (unpaired) electrons. The van der Waals surface area contributed by atoms with Gasteiger partial charge in [0.1, 0.15) is 0 Å². The molecule has 0 spiro atoms. The normalized spacial score (nSPS) is 20.2. The Hall–Kier alpha value is -3.53. The fourth-order valence-electron chi connectivity index (χ4n) is 4.76. The fraction of sp³-hybridized carbons (Fsp3) is 0.423. The van der Waals surface area contributed by atoms with E-state index in [-0.39, 0.29) is 30.4 Å². The molecule has 1 saturated carbocycles. The molecule has 36 heavy (non-hydrogen) atoms. The third kappa shape index (κ3) is 5.18. The molecule has 1 N–H and O–H groups in total. The molecule has 5 rings (SSSR count). The molecule has 2 aliphatic rings. The SMILES string of the molecule is C[C@H]1COCCN1c1ncc(C(=O)Nc2c(-c3ccccn3)ccnc2C2CCC(F)(F)CC2)cn1. The van der Waals surface area contributed by atoms with Crippen LogP contribution in [0.1, 0.15) is 54.6 Å². The predicted molar refractivity (Wildman–Crippen MR) is 131 cm³/mol. The number of nitrogens with one attached hydrogen (secondary N) is 1. The summed E-state index contributed by atoms with van der Waals surface area (Å²) in [6.45, 7) is 3.91. The summed E-state index contributed by atoms with van der Waals surface area (Å²) in [5.41, 5.74) is 2.72. The van der Waals surface area contributed by atoms with Crippen LogP contribution in [0.3, 0.4) is 0 Å². The fourth-order valence-corrected chi connectivity index (χ4v) is 4.76. The third-order valence-electron chi connectivity index (χ3n) is 6.79. The van der Waals surface area contributed by atoms with Gasteiger partial charge in [-0.1, -0.05) is 6.07 Å². The second kappa shape index (κ2) is 10.2. The number of aromatic nitrogens is 4. The van der Waals surface area contributed by atoms with Crippen LogP contribution in [0, 0.1) is 0 Å². The monoisotopic (exact) mass is 494 g/mol. The molecule has 2 fully saturated rings. The Bertz CT molecular complexity index is 1200. The Labute approximate surface area is 208 Å². The van der Waals surface area contributed by atoms with Gasteiger partial charge in [0, 0.05) is 55.7 Å². The van der Waals surface area contributed by atoms with Crippen molar-refractivity contribution in [2.45, 2.75) is 50.5 Å². The molecule has 3 aromatic rings. The molecule has 1 atom stereocenters. The number of anilines is 2. The smallest absolute Gasteiger partial charge is 0.258 e. The number of halogens is 2. The number of hydrogen-bond donors (Lipinski definition) is 1. The molecule has 4 heterocycles. The van der Waals surface area contributed by atoms with E-state index in [1.807, 2.05) is 24.0 Å². The van der Waals surface area contributed by atoms with Crippen molar-refractivity contribution >= 4 is 17.5 Å². The van der Waals surface area contributed by atoms with Gasteiger partial charge in [0.05, 0.1) is 41.9 Å². The number of carbonyl (C=O) groups excluding carboxylic acids is 1. The molecular weight excluding hydrogens is 466 g/mol. The van der Waals surface area contributed by atoms with E-state index in [1.54, 1.807) is 24.5 Å². The van der Waals surface area contributed by atoms with Gasteiger partial charge in [0.15, 0.2) is 0 Å². The lowest BCUT2D eigenvalue weighted by Crippen LogP contribution is -2.44. The van der Waals surface area contributed by atoms with Crippen molar-refractivity contribution in [2.75, 3.05) is 30.0 Å². The van der Waals surface area contributed by atoms with E-state index < -0.39 is 11.8 Å². The number of pyridine rings is 2.